The summed E-state index contributed by atoms with van der Waals surface area (Å²) in [5.74, 6) is 1.11. The van der Waals surface area contributed by atoms with Crippen LogP contribution in [0.5, 0.6) is 5.75 Å². The molecule has 0 aromatic heterocycles. The van der Waals surface area contributed by atoms with E-state index < -0.39 is 0 Å². The van der Waals surface area contributed by atoms with E-state index in [1.165, 1.54) is 6.42 Å². The average molecular weight is 347 g/mol. The Morgan fingerprint density at radius 3 is 2.95 bits per heavy atom. The van der Waals surface area contributed by atoms with E-state index >= 15 is 0 Å². The lowest BCUT2D eigenvalue weighted by atomic mass is 9.99. The fraction of sp³-hybridized carbons (Fsp3) is 0.625. The van der Waals surface area contributed by atoms with Crippen molar-refractivity contribution in [1.82, 2.24) is 10.2 Å². The molecule has 4 nitrogen and oxygen atoms in total. The molecule has 1 fully saturated rings. The predicted octanol–water partition coefficient (Wildman–Crippen LogP) is 2.80. The average Bonchev–Trinajstić information content (AvgIpc) is 2.51. The van der Waals surface area contributed by atoms with E-state index in [0.29, 0.717) is 34.9 Å². The van der Waals surface area contributed by atoms with Gasteiger partial charge in [-0.15, -0.1) is 0 Å². The first kappa shape index (κ1) is 17.8. The summed E-state index contributed by atoms with van der Waals surface area (Å²) in [6.07, 6.45) is 2.31. The molecule has 22 heavy (non-hydrogen) atoms. The molecule has 0 aliphatic carbocycles. The van der Waals surface area contributed by atoms with E-state index in [9.17, 15) is 5.11 Å². The van der Waals surface area contributed by atoms with Gasteiger partial charge in [-0.2, -0.15) is 0 Å². The number of methoxy groups -OCH3 is 1. The number of nitrogens with zero attached hydrogens (tertiary/aromatic N) is 1. The third-order valence-corrected chi connectivity index (χ3v) is 4.57. The number of likely N-dealkylation sites (tertiary alicyclic amines) is 1. The van der Waals surface area contributed by atoms with Gasteiger partial charge in [0.2, 0.25) is 0 Å². The van der Waals surface area contributed by atoms with Gasteiger partial charge in [-0.25, -0.2) is 0 Å². The topological polar surface area (TPSA) is 44.7 Å². The van der Waals surface area contributed by atoms with Gasteiger partial charge in [0, 0.05) is 43.4 Å². The summed E-state index contributed by atoms with van der Waals surface area (Å²) in [6.45, 7) is 4.93. The van der Waals surface area contributed by atoms with Gasteiger partial charge in [-0.05, 0) is 37.4 Å². The number of aliphatic hydroxyl groups excluding tert-OH is 1. The highest BCUT2D eigenvalue weighted by molar-refractivity contribution is 6.35. The van der Waals surface area contributed by atoms with Crippen molar-refractivity contribution in [3.05, 3.63) is 27.7 Å². The van der Waals surface area contributed by atoms with Crippen LogP contribution in [0.15, 0.2) is 12.1 Å². The Morgan fingerprint density at radius 1 is 1.41 bits per heavy atom. The van der Waals surface area contributed by atoms with E-state index in [-0.39, 0.29) is 0 Å². The minimum absolute atomic E-state index is 0.294. The number of hydrogen-bond donors (Lipinski definition) is 2. The Morgan fingerprint density at radius 2 is 2.23 bits per heavy atom. The smallest absolute Gasteiger partial charge is 0.142 e. The third-order valence-electron chi connectivity index (χ3n) is 4.07. The maximum absolute atomic E-state index is 9.26. The second-order valence-corrected chi connectivity index (χ2v) is 6.59. The van der Waals surface area contributed by atoms with Gasteiger partial charge in [-0.3, -0.25) is 0 Å². The maximum Gasteiger partial charge on any atom is 0.142 e. The van der Waals surface area contributed by atoms with Gasteiger partial charge in [0.05, 0.1) is 12.1 Å². The standard InChI is InChI=1S/C16H24Cl2N2O2/c1-22-16-13(7-14(17)8-15(16)18)9-19-4-6-20-5-2-3-12(10-20)11-21/h7-8,12,19,21H,2-6,9-11H2,1H3. The molecule has 1 aliphatic rings. The lowest BCUT2D eigenvalue weighted by Gasteiger charge is -2.31. The summed E-state index contributed by atoms with van der Waals surface area (Å²) in [4.78, 5) is 2.40. The molecule has 0 saturated carbocycles. The number of hydrogen-bond acceptors (Lipinski definition) is 4. The van der Waals surface area contributed by atoms with Crippen LogP contribution in [0.25, 0.3) is 0 Å². The van der Waals surface area contributed by atoms with Crippen LogP contribution in [0.2, 0.25) is 10.0 Å². The van der Waals surface area contributed by atoms with Crippen molar-refractivity contribution < 1.29 is 9.84 Å². The molecule has 1 heterocycles. The zero-order valence-corrected chi connectivity index (χ0v) is 14.5. The highest BCUT2D eigenvalue weighted by Gasteiger charge is 2.18. The molecule has 0 spiro atoms. The molecule has 1 unspecified atom stereocenters. The van der Waals surface area contributed by atoms with Gasteiger partial charge in [0.25, 0.3) is 0 Å². The monoisotopic (exact) mass is 346 g/mol. The summed E-state index contributed by atoms with van der Waals surface area (Å²) in [6, 6.07) is 3.57. The molecule has 0 amide bonds. The Hall–Kier alpha value is -0.520. The zero-order chi connectivity index (χ0) is 15.9. The van der Waals surface area contributed by atoms with Gasteiger partial charge in [0.1, 0.15) is 5.75 Å². The second-order valence-electron chi connectivity index (χ2n) is 5.75. The van der Waals surface area contributed by atoms with Crippen molar-refractivity contribution in [2.75, 3.05) is 39.9 Å². The molecule has 1 aromatic rings. The molecule has 124 valence electrons. The van der Waals surface area contributed by atoms with Crippen molar-refractivity contribution in [3.8, 4) is 5.75 Å². The quantitative estimate of drug-likeness (QED) is 0.745. The molecule has 1 aromatic carbocycles. The number of nitrogens with one attached hydrogen (secondary N) is 1. The van der Waals surface area contributed by atoms with Crippen LogP contribution in [0, 0.1) is 5.92 Å². The molecule has 1 saturated heterocycles. The molecule has 6 heteroatoms. The first-order valence-corrected chi connectivity index (χ1v) is 8.45. The highest BCUT2D eigenvalue weighted by Crippen LogP contribution is 2.32. The molecule has 0 bridgehead atoms. The SMILES string of the molecule is COc1c(Cl)cc(Cl)cc1CNCCN1CCCC(CO)C1. The van der Waals surface area contributed by atoms with Crippen LogP contribution < -0.4 is 10.1 Å². The normalized spacial score (nSPS) is 19.4. The summed E-state index contributed by atoms with van der Waals surface area (Å²) < 4.78 is 5.34. The van der Waals surface area contributed by atoms with E-state index in [2.05, 4.69) is 10.2 Å². The minimum atomic E-state index is 0.294. The van der Waals surface area contributed by atoms with Crippen LogP contribution in [-0.4, -0.2) is 49.9 Å². The first-order chi connectivity index (χ1) is 10.6. The van der Waals surface area contributed by atoms with Crippen LogP contribution in [0.1, 0.15) is 18.4 Å². The van der Waals surface area contributed by atoms with Crippen molar-refractivity contribution in [2.24, 2.45) is 5.92 Å². The maximum atomic E-state index is 9.26. The largest absolute Gasteiger partial charge is 0.495 e. The van der Waals surface area contributed by atoms with E-state index in [0.717, 1.165) is 38.2 Å². The van der Waals surface area contributed by atoms with Crippen LogP contribution in [0.4, 0.5) is 0 Å². The first-order valence-electron chi connectivity index (χ1n) is 7.70. The Kier molecular flexibility index (Phi) is 7.25. The number of piperidine rings is 1. The van der Waals surface area contributed by atoms with Gasteiger partial charge < -0.3 is 20.1 Å². The Balaban J connectivity index is 1.79. The van der Waals surface area contributed by atoms with Crippen LogP contribution >= 0.6 is 23.2 Å². The molecule has 1 atom stereocenters. The van der Waals surface area contributed by atoms with Crippen molar-refractivity contribution in [2.45, 2.75) is 19.4 Å². The van der Waals surface area contributed by atoms with Gasteiger partial charge >= 0.3 is 0 Å². The van der Waals surface area contributed by atoms with Crippen molar-refractivity contribution >= 4 is 23.2 Å². The fourth-order valence-corrected chi connectivity index (χ4v) is 3.55. The number of ether oxygens (including phenoxy) is 1. The summed E-state index contributed by atoms with van der Waals surface area (Å²) in [5.41, 5.74) is 0.965. The third kappa shape index (κ3) is 5.00. The minimum Gasteiger partial charge on any atom is -0.495 e. The zero-order valence-electron chi connectivity index (χ0n) is 12.9. The summed E-state index contributed by atoms with van der Waals surface area (Å²) in [7, 11) is 1.61. The summed E-state index contributed by atoms with van der Waals surface area (Å²) in [5, 5.41) is 13.8. The number of rotatable bonds is 7. The number of benzene rings is 1. The lowest BCUT2D eigenvalue weighted by molar-refractivity contribution is 0.121. The molecular formula is C16H24Cl2N2O2. The molecule has 2 N–H and O–H groups in total. The lowest BCUT2D eigenvalue weighted by Crippen LogP contribution is -2.40. The second kappa shape index (κ2) is 8.94. The van der Waals surface area contributed by atoms with Crippen molar-refractivity contribution in [1.29, 1.82) is 0 Å². The Labute approximate surface area is 142 Å². The van der Waals surface area contributed by atoms with Crippen LogP contribution in [-0.2, 0) is 6.54 Å². The Bertz CT molecular complexity index is 485. The number of aliphatic hydroxyl groups is 1. The van der Waals surface area contributed by atoms with E-state index in [1.54, 1.807) is 13.2 Å². The highest BCUT2D eigenvalue weighted by atomic mass is 35.5. The molecule has 0 radical (unpaired) electrons. The summed E-state index contributed by atoms with van der Waals surface area (Å²) >= 11 is 12.2. The van der Waals surface area contributed by atoms with Crippen molar-refractivity contribution in [3.63, 3.8) is 0 Å². The van der Waals surface area contributed by atoms with Crippen LogP contribution in [0.3, 0.4) is 0 Å². The van der Waals surface area contributed by atoms with Gasteiger partial charge in [0.15, 0.2) is 0 Å². The van der Waals surface area contributed by atoms with E-state index in [1.807, 2.05) is 6.07 Å². The molecular weight excluding hydrogens is 323 g/mol. The molecule has 2 rings (SSSR count). The predicted molar refractivity (Wildman–Crippen MR) is 91.0 cm³/mol. The van der Waals surface area contributed by atoms with Gasteiger partial charge in [-0.1, -0.05) is 23.2 Å². The number of halogens is 2. The molecule has 1 aliphatic heterocycles. The fourth-order valence-electron chi connectivity index (χ4n) is 2.94. The van der Waals surface area contributed by atoms with E-state index in [4.69, 9.17) is 27.9 Å².